The highest BCUT2D eigenvalue weighted by Gasteiger charge is 2.18. The third kappa shape index (κ3) is 3.47. The lowest BCUT2D eigenvalue weighted by Crippen LogP contribution is -2.42. The summed E-state index contributed by atoms with van der Waals surface area (Å²) in [5.41, 5.74) is 2.19. The van der Waals surface area contributed by atoms with Gasteiger partial charge in [-0.15, -0.1) is 0 Å². The Morgan fingerprint density at radius 3 is 3.00 bits per heavy atom. The third-order valence-electron chi connectivity index (χ3n) is 3.85. The van der Waals surface area contributed by atoms with Crippen LogP contribution >= 0.6 is 0 Å². The van der Waals surface area contributed by atoms with E-state index in [9.17, 15) is 5.11 Å². The Kier molecular flexibility index (Phi) is 4.61. The molecule has 0 radical (unpaired) electrons. The second-order valence-electron chi connectivity index (χ2n) is 5.39. The molecule has 3 heteroatoms. The van der Waals surface area contributed by atoms with Crippen LogP contribution < -0.4 is 5.32 Å². The van der Waals surface area contributed by atoms with E-state index in [0.717, 1.165) is 18.7 Å². The number of phenols is 1. The van der Waals surface area contributed by atoms with Gasteiger partial charge in [0.2, 0.25) is 0 Å². The minimum absolute atomic E-state index is 0.394. The summed E-state index contributed by atoms with van der Waals surface area (Å²) >= 11 is 0. The summed E-state index contributed by atoms with van der Waals surface area (Å²) in [7, 11) is 2.20. The Labute approximate surface area is 110 Å². The molecule has 1 atom stereocenters. The fourth-order valence-corrected chi connectivity index (χ4v) is 2.63. The van der Waals surface area contributed by atoms with Gasteiger partial charge in [-0.2, -0.15) is 0 Å². The van der Waals surface area contributed by atoms with Gasteiger partial charge in [-0.05, 0) is 39.4 Å². The molecule has 0 spiro atoms. The van der Waals surface area contributed by atoms with E-state index in [-0.39, 0.29) is 0 Å². The SMILES string of the molecule is Cc1ccc(O)c(CNCC2CCCCN2C)c1. The fraction of sp³-hybridized carbons (Fsp3) is 0.600. The molecule has 1 aliphatic rings. The number of piperidine rings is 1. The van der Waals surface area contributed by atoms with Gasteiger partial charge in [0.25, 0.3) is 0 Å². The first kappa shape index (κ1) is 13.4. The molecule has 2 rings (SSSR count). The van der Waals surface area contributed by atoms with Crippen LogP contribution in [0.25, 0.3) is 0 Å². The smallest absolute Gasteiger partial charge is 0.120 e. The molecule has 1 heterocycles. The van der Waals surface area contributed by atoms with Gasteiger partial charge in [0.1, 0.15) is 5.75 Å². The first-order valence-corrected chi connectivity index (χ1v) is 6.86. The molecule has 1 aliphatic heterocycles. The third-order valence-corrected chi connectivity index (χ3v) is 3.85. The molecule has 18 heavy (non-hydrogen) atoms. The lowest BCUT2D eigenvalue weighted by Gasteiger charge is -2.32. The van der Waals surface area contributed by atoms with Crippen molar-refractivity contribution < 1.29 is 5.11 Å². The number of hydrogen-bond acceptors (Lipinski definition) is 3. The van der Waals surface area contributed by atoms with Crippen LogP contribution in [0.2, 0.25) is 0 Å². The van der Waals surface area contributed by atoms with Crippen LogP contribution in [0, 0.1) is 6.92 Å². The number of aryl methyl sites for hydroxylation is 1. The highest BCUT2D eigenvalue weighted by atomic mass is 16.3. The predicted molar refractivity (Wildman–Crippen MR) is 74.8 cm³/mol. The zero-order valence-corrected chi connectivity index (χ0v) is 11.4. The Morgan fingerprint density at radius 2 is 2.22 bits per heavy atom. The average molecular weight is 248 g/mol. The molecule has 1 saturated heterocycles. The highest BCUT2D eigenvalue weighted by molar-refractivity contribution is 5.35. The second kappa shape index (κ2) is 6.21. The summed E-state index contributed by atoms with van der Waals surface area (Å²) in [6.07, 6.45) is 3.95. The van der Waals surface area contributed by atoms with E-state index in [1.165, 1.54) is 31.4 Å². The van der Waals surface area contributed by atoms with Gasteiger partial charge in [0.05, 0.1) is 0 Å². The van der Waals surface area contributed by atoms with Crippen LogP contribution in [-0.2, 0) is 6.54 Å². The summed E-state index contributed by atoms with van der Waals surface area (Å²) in [5.74, 6) is 0.394. The molecule has 1 aromatic rings. The van der Waals surface area contributed by atoms with Gasteiger partial charge in [-0.3, -0.25) is 0 Å². The van der Waals surface area contributed by atoms with Gasteiger partial charge in [0, 0.05) is 24.7 Å². The van der Waals surface area contributed by atoms with E-state index in [4.69, 9.17) is 0 Å². The molecular weight excluding hydrogens is 224 g/mol. The Hall–Kier alpha value is -1.06. The van der Waals surface area contributed by atoms with Crippen LogP contribution in [0.1, 0.15) is 30.4 Å². The van der Waals surface area contributed by atoms with Crippen molar-refractivity contribution in [3.05, 3.63) is 29.3 Å². The topological polar surface area (TPSA) is 35.5 Å². The van der Waals surface area contributed by atoms with Crippen LogP contribution in [0.3, 0.4) is 0 Å². The lowest BCUT2D eigenvalue weighted by atomic mass is 10.0. The number of rotatable bonds is 4. The van der Waals surface area contributed by atoms with E-state index < -0.39 is 0 Å². The maximum Gasteiger partial charge on any atom is 0.120 e. The minimum Gasteiger partial charge on any atom is -0.508 e. The number of phenolic OH excluding ortho intramolecular Hbond substituents is 1. The van der Waals surface area contributed by atoms with E-state index in [1.54, 1.807) is 6.07 Å². The van der Waals surface area contributed by atoms with E-state index in [2.05, 4.69) is 24.2 Å². The largest absolute Gasteiger partial charge is 0.508 e. The number of likely N-dealkylation sites (tertiary alicyclic amines) is 1. The molecule has 100 valence electrons. The van der Waals surface area contributed by atoms with Crippen molar-refractivity contribution in [1.29, 1.82) is 0 Å². The number of hydrogen-bond donors (Lipinski definition) is 2. The Bertz CT molecular complexity index is 392. The van der Waals surface area contributed by atoms with E-state index >= 15 is 0 Å². The van der Waals surface area contributed by atoms with Crippen molar-refractivity contribution in [2.45, 2.75) is 38.8 Å². The molecule has 1 unspecified atom stereocenters. The van der Waals surface area contributed by atoms with Crippen LogP contribution in [0.5, 0.6) is 5.75 Å². The van der Waals surface area contributed by atoms with Crippen LogP contribution in [0.4, 0.5) is 0 Å². The molecule has 2 N–H and O–H groups in total. The maximum atomic E-state index is 9.77. The Balaban J connectivity index is 1.82. The number of nitrogens with one attached hydrogen (secondary N) is 1. The number of benzene rings is 1. The zero-order valence-electron chi connectivity index (χ0n) is 11.4. The first-order valence-electron chi connectivity index (χ1n) is 6.86. The van der Waals surface area contributed by atoms with Crippen molar-refractivity contribution in [2.75, 3.05) is 20.1 Å². The zero-order chi connectivity index (χ0) is 13.0. The number of nitrogens with zero attached hydrogens (tertiary/aromatic N) is 1. The standard InChI is InChI=1S/C15H24N2O/c1-12-6-7-15(18)13(9-12)10-16-11-14-5-3-4-8-17(14)2/h6-7,9,14,16,18H,3-5,8,10-11H2,1-2H3. The molecule has 0 aliphatic carbocycles. The molecule has 1 fully saturated rings. The molecule has 1 aromatic carbocycles. The van der Waals surface area contributed by atoms with Gasteiger partial charge in [0.15, 0.2) is 0 Å². The molecule has 0 amide bonds. The monoisotopic (exact) mass is 248 g/mol. The quantitative estimate of drug-likeness (QED) is 0.858. The van der Waals surface area contributed by atoms with Crippen LogP contribution in [-0.4, -0.2) is 36.2 Å². The maximum absolute atomic E-state index is 9.77. The second-order valence-corrected chi connectivity index (χ2v) is 5.39. The molecule has 0 aromatic heterocycles. The summed E-state index contributed by atoms with van der Waals surface area (Å²) in [4.78, 5) is 2.44. The average Bonchev–Trinajstić information content (AvgIpc) is 2.36. The lowest BCUT2D eigenvalue weighted by molar-refractivity contribution is 0.181. The molecule has 0 saturated carbocycles. The summed E-state index contributed by atoms with van der Waals surface area (Å²) < 4.78 is 0. The van der Waals surface area contributed by atoms with Crippen LogP contribution in [0.15, 0.2) is 18.2 Å². The van der Waals surface area contributed by atoms with Crippen molar-refractivity contribution in [3.63, 3.8) is 0 Å². The normalized spacial score (nSPS) is 21.1. The summed E-state index contributed by atoms with van der Waals surface area (Å²) in [5, 5.41) is 13.2. The predicted octanol–water partition coefficient (Wildman–Crippen LogP) is 2.27. The van der Waals surface area contributed by atoms with E-state index in [1.807, 2.05) is 12.1 Å². The van der Waals surface area contributed by atoms with Crippen molar-refractivity contribution >= 4 is 0 Å². The van der Waals surface area contributed by atoms with Crippen molar-refractivity contribution in [3.8, 4) is 5.75 Å². The minimum atomic E-state index is 0.394. The molecular formula is C15H24N2O. The Morgan fingerprint density at radius 1 is 1.39 bits per heavy atom. The van der Waals surface area contributed by atoms with Gasteiger partial charge < -0.3 is 15.3 Å². The first-order chi connectivity index (χ1) is 8.66. The van der Waals surface area contributed by atoms with Crippen molar-refractivity contribution in [2.24, 2.45) is 0 Å². The number of likely N-dealkylation sites (N-methyl/N-ethyl adjacent to an activating group) is 1. The number of aromatic hydroxyl groups is 1. The van der Waals surface area contributed by atoms with Gasteiger partial charge >= 0.3 is 0 Å². The van der Waals surface area contributed by atoms with Gasteiger partial charge in [-0.1, -0.05) is 24.1 Å². The fourth-order valence-electron chi connectivity index (χ4n) is 2.63. The highest BCUT2D eigenvalue weighted by Crippen LogP contribution is 2.18. The molecule has 0 bridgehead atoms. The van der Waals surface area contributed by atoms with Crippen molar-refractivity contribution in [1.82, 2.24) is 10.2 Å². The summed E-state index contributed by atoms with van der Waals surface area (Å²) in [6.45, 7) is 5.02. The molecule has 3 nitrogen and oxygen atoms in total. The van der Waals surface area contributed by atoms with Gasteiger partial charge in [-0.25, -0.2) is 0 Å². The summed E-state index contributed by atoms with van der Waals surface area (Å²) in [6, 6.07) is 6.41. The van der Waals surface area contributed by atoms with E-state index in [0.29, 0.717) is 11.8 Å².